The molecule has 0 bridgehead atoms. The van der Waals surface area contributed by atoms with Gasteiger partial charge in [0.2, 0.25) is 18.6 Å². The second kappa shape index (κ2) is 6.95. The number of nitrogens with zero attached hydrogens (tertiary/aromatic N) is 3. The molecule has 150 valence electrons. The molecule has 1 fully saturated rings. The summed E-state index contributed by atoms with van der Waals surface area (Å²) in [4.78, 5) is 28.8. The molecule has 5 rings (SSSR count). The molecule has 1 aromatic heterocycles. The lowest BCUT2D eigenvalue weighted by Gasteiger charge is -2.29. The number of ether oxygens (including phenoxy) is 2. The van der Waals surface area contributed by atoms with Gasteiger partial charge >= 0.3 is 0 Å². The van der Waals surface area contributed by atoms with Gasteiger partial charge in [-0.1, -0.05) is 6.08 Å². The van der Waals surface area contributed by atoms with E-state index >= 15 is 0 Å². The molecule has 1 aromatic carbocycles. The number of aromatic nitrogens is 2. The molecule has 4 heterocycles. The average Bonchev–Trinajstić information content (AvgIpc) is 3.45. The number of rotatable bonds is 4. The Kier molecular flexibility index (Phi) is 4.26. The van der Waals surface area contributed by atoms with Gasteiger partial charge in [0.25, 0.3) is 0 Å². The van der Waals surface area contributed by atoms with Gasteiger partial charge in [-0.25, -0.2) is 0 Å². The van der Waals surface area contributed by atoms with Crippen LogP contribution in [0.1, 0.15) is 17.7 Å². The maximum atomic E-state index is 13.1. The van der Waals surface area contributed by atoms with E-state index in [1.165, 1.54) is 0 Å². The predicted molar refractivity (Wildman–Crippen MR) is 104 cm³/mol. The topological polar surface area (TPSA) is 87.8 Å². The molecule has 1 saturated heterocycles. The molecular formula is C21H22N4O4. The quantitative estimate of drug-likeness (QED) is 0.798. The standard InChI is InChI=1S/C21H22N4O4/c1-2-6-24-10-14(9-19(24)26)21(27)25-7-5-16-15(11-25)20(23-22-16)13-3-4-17-18(8-13)29-12-28-17/h2-4,8,14H,1,5-7,9-12H2,(H,22,23). The number of likely N-dealkylation sites (tertiary alicyclic amines) is 1. The van der Waals surface area contributed by atoms with Gasteiger partial charge in [0.15, 0.2) is 11.5 Å². The van der Waals surface area contributed by atoms with E-state index in [4.69, 9.17) is 9.47 Å². The lowest BCUT2D eigenvalue weighted by molar-refractivity contribution is -0.136. The zero-order valence-corrected chi connectivity index (χ0v) is 16.0. The highest BCUT2D eigenvalue weighted by Gasteiger charge is 2.37. The van der Waals surface area contributed by atoms with E-state index in [9.17, 15) is 9.59 Å². The molecular weight excluding hydrogens is 372 g/mol. The van der Waals surface area contributed by atoms with Crippen LogP contribution in [0.3, 0.4) is 0 Å². The van der Waals surface area contributed by atoms with Crippen LogP contribution < -0.4 is 9.47 Å². The van der Waals surface area contributed by atoms with Crippen molar-refractivity contribution < 1.29 is 19.1 Å². The number of fused-ring (bicyclic) bond motifs is 2. The van der Waals surface area contributed by atoms with Crippen molar-refractivity contribution in [1.29, 1.82) is 0 Å². The number of H-pyrrole nitrogens is 1. The molecule has 2 aromatic rings. The van der Waals surface area contributed by atoms with Crippen LogP contribution in [0, 0.1) is 5.92 Å². The number of amides is 2. The number of aromatic amines is 1. The highest BCUT2D eigenvalue weighted by atomic mass is 16.7. The van der Waals surface area contributed by atoms with Crippen molar-refractivity contribution >= 4 is 11.8 Å². The van der Waals surface area contributed by atoms with Crippen LogP contribution in [0.25, 0.3) is 11.3 Å². The highest BCUT2D eigenvalue weighted by molar-refractivity contribution is 5.89. The zero-order chi connectivity index (χ0) is 20.0. The van der Waals surface area contributed by atoms with Crippen molar-refractivity contribution in [1.82, 2.24) is 20.0 Å². The summed E-state index contributed by atoms with van der Waals surface area (Å²) in [6.07, 6.45) is 2.69. The Labute approximate surface area is 168 Å². The molecule has 2 amide bonds. The molecule has 0 radical (unpaired) electrons. The first-order valence-electron chi connectivity index (χ1n) is 9.77. The third-order valence-electron chi connectivity index (χ3n) is 5.80. The largest absolute Gasteiger partial charge is 0.454 e. The van der Waals surface area contributed by atoms with Gasteiger partial charge in [-0.3, -0.25) is 14.7 Å². The molecule has 0 aliphatic carbocycles. The third-order valence-corrected chi connectivity index (χ3v) is 5.80. The van der Waals surface area contributed by atoms with E-state index in [0.717, 1.165) is 34.7 Å². The van der Waals surface area contributed by atoms with E-state index in [0.29, 0.717) is 31.9 Å². The van der Waals surface area contributed by atoms with Gasteiger partial charge in [0.05, 0.1) is 11.6 Å². The molecule has 8 heteroatoms. The second-order valence-corrected chi connectivity index (χ2v) is 7.60. The van der Waals surface area contributed by atoms with Crippen molar-refractivity contribution in [2.24, 2.45) is 5.92 Å². The normalized spacial score (nSPS) is 20.1. The molecule has 29 heavy (non-hydrogen) atoms. The Morgan fingerprint density at radius 1 is 1.34 bits per heavy atom. The predicted octanol–water partition coefficient (Wildman–Crippen LogP) is 1.72. The Balaban J connectivity index is 1.36. The van der Waals surface area contributed by atoms with Crippen LogP contribution in [0.4, 0.5) is 0 Å². The summed E-state index contributed by atoms with van der Waals surface area (Å²) in [6, 6.07) is 5.75. The summed E-state index contributed by atoms with van der Waals surface area (Å²) in [5.41, 5.74) is 3.83. The average molecular weight is 394 g/mol. The first-order chi connectivity index (χ1) is 14.1. The van der Waals surface area contributed by atoms with Crippen molar-refractivity contribution in [3.8, 4) is 22.8 Å². The minimum absolute atomic E-state index is 0.0188. The minimum Gasteiger partial charge on any atom is -0.454 e. The van der Waals surface area contributed by atoms with Gasteiger partial charge in [0, 0.05) is 55.8 Å². The number of hydrogen-bond acceptors (Lipinski definition) is 5. The molecule has 3 aliphatic rings. The van der Waals surface area contributed by atoms with Gasteiger partial charge in [-0.15, -0.1) is 6.58 Å². The van der Waals surface area contributed by atoms with E-state index < -0.39 is 0 Å². The number of benzene rings is 1. The fraction of sp³-hybridized carbons (Fsp3) is 0.381. The van der Waals surface area contributed by atoms with Crippen LogP contribution in [-0.2, 0) is 22.6 Å². The molecule has 0 saturated carbocycles. The van der Waals surface area contributed by atoms with Crippen LogP contribution in [0.15, 0.2) is 30.9 Å². The zero-order valence-electron chi connectivity index (χ0n) is 16.0. The van der Waals surface area contributed by atoms with Gasteiger partial charge in [-0.05, 0) is 18.2 Å². The van der Waals surface area contributed by atoms with Crippen molar-refractivity contribution in [3.05, 3.63) is 42.1 Å². The van der Waals surface area contributed by atoms with E-state index in [1.807, 2.05) is 23.1 Å². The summed E-state index contributed by atoms with van der Waals surface area (Å²) in [6.45, 7) is 5.97. The Hall–Kier alpha value is -3.29. The third kappa shape index (κ3) is 3.04. The lowest BCUT2D eigenvalue weighted by Crippen LogP contribution is -2.40. The monoisotopic (exact) mass is 394 g/mol. The number of hydrogen-bond donors (Lipinski definition) is 1. The van der Waals surface area contributed by atoms with Crippen molar-refractivity contribution in [2.45, 2.75) is 19.4 Å². The number of nitrogens with one attached hydrogen (secondary N) is 1. The Bertz CT molecular complexity index is 999. The van der Waals surface area contributed by atoms with E-state index in [-0.39, 0.29) is 30.9 Å². The van der Waals surface area contributed by atoms with Crippen LogP contribution in [-0.4, -0.2) is 58.2 Å². The summed E-state index contributed by atoms with van der Waals surface area (Å²) in [5, 5.41) is 7.62. The molecule has 1 unspecified atom stereocenters. The SMILES string of the molecule is C=CCN1CC(C(=O)N2CCc3[nH]nc(-c4ccc5c(c4)OCO5)c3C2)CC1=O. The Morgan fingerprint density at radius 3 is 3.07 bits per heavy atom. The fourth-order valence-corrected chi connectivity index (χ4v) is 4.29. The first-order valence-corrected chi connectivity index (χ1v) is 9.77. The van der Waals surface area contributed by atoms with Gasteiger partial charge in [-0.2, -0.15) is 5.10 Å². The summed E-state index contributed by atoms with van der Waals surface area (Å²) >= 11 is 0. The fourth-order valence-electron chi connectivity index (χ4n) is 4.29. The van der Waals surface area contributed by atoms with Gasteiger partial charge in [0.1, 0.15) is 0 Å². The van der Waals surface area contributed by atoms with Crippen molar-refractivity contribution in [3.63, 3.8) is 0 Å². The summed E-state index contributed by atoms with van der Waals surface area (Å²) in [7, 11) is 0. The second-order valence-electron chi connectivity index (χ2n) is 7.60. The Morgan fingerprint density at radius 2 is 2.21 bits per heavy atom. The van der Waals surface area contributed by atoms with Crippen LogP contribution in [0.2, 0.25) is 0 Å². The number of carbonyl (C=O) groups excluding carboxylic acids is 2. The maximum absolute atomic E-state index is 13.1. The van der Waals surface area contributed by atoms with E-state index in [2.05, 4.69) is 16.8 Å². The molecule has 0 spiro atoms. The maximum Gasteiger partial charge on any atom is 0.231 e. The van der Waals surface area contributed by atoms with Gasteiger partial charge < -0.3 is 19.3 Å². The number of carbonyl (C=O) groups is 2. The minimum atomic E-state index is -0.287. The summed E-state index contributed by atoms with van der Waals surface area (Å²) < 4.78 is 10.9. The van der Waals surface area contributed by atoms with Crippen LogP contribution in [0.5, 0.6) is 11.5 Å². The highest BCUT2D eigenvalue weighted by Crippen LogP contribution is 2.37. The van der Waals surface area contributed by atoms with Crippen molar-refractivity contribution in [2.75, 3.05) is 26.4 Å². The molecule has 1 N–H and O–H groups in total. The molecule has 3 aliphatic heterocycles. The first kappa shape index (κ1) is 17.8. The summed E-state index contributed by atoms with van der Waals surface area (Å²) in [5.74, 6) is 1.20. The van der Waals surface area contributed by atoms with E-state index in [1.54, 1.807) is 11.0 Å². The smallest absolute Gasteiger partial charge is 0.231 e. The van der Waals surface area contributed by atoms with Crippen LogP contribution >= 0.6 is 0 Å². The molecule has 8 nitrogen and oxygen atoms in total. The molecule has 1 atom stereocenters. The lowest BCUT2D eigenvalue weighted by atomic mass is 9.99.